The van der Waals surface area contributed by atoms with Crippen molar-refractivity contribution in [3.8, 4) is 0 Å². The van der Waals surface area contributed by atoms with Gasteiger partial charge in [0.1, 0.15) is 5.56 Å². The van der Waals surface area contributed by atoms with Gasteiger partial charge in [-0.05, 0) is 25.3 Å². The third-order valence-electron chi connectivity index (χ3n) is 4.11. The molecular formula is C16H21N5O2. The first-order valence-corrected chi connectivity index (χ1v) is 7.97. The summed E-state index contributed by atoms with van der Waals surface area (Å²) in [6.07, 6.45) is 6.72. The predicted octanol–water partition coefficient (Wildman–Crippen LogP) is 1.03. The summed E-state index contributed by atoms with van der Waals surface area (Å²) < 4.78 is 1.62. The van der Waals surface area contributed by atoms with Crippen molar-refractivity contribution in [2.75, 3.05) is 19.6 Å². The number of carbonyl (C=O) groups excluding carboxylic acids is 2. The Morgan fingerprint density at radius 3 is 3.00 bits per heavy atom. The summed E-state index contributed by atoms with van der Waals surface area (Å²) in [6.45, 7) is 5.67. The zero-order valence-electron chi connectivity index (χ0n) is 13.5. The number of carbonyl (C=O) groups is 2. The molecule has 2 aromatic rings. The zero-order valence-corrected chi connectivity index (χ0v) is 13.5. The molecule has 1 aliphatic rings. The molecule has 0 radical (unpaired) electrons. The Hall–Kier alpha value is -2.44. The third kappa shape index (κ3) is 3.04. The minimum absolute atomic E-state index is 0.0377. The highest BCUT2D eigenvalue weighted by atomic mass is 16.2. The monoisotopic (exact) mass is 315 g/mol. The van der Waals surface area contributed by atoms with Crippen molar-refractivity contribution in [2.45, 2.75) is 26.7 Å². The van der Waals surface area contributed by atoms with E-state index >= 15 is 0 Å². The molecule has 1 saturated heterocycles. The summed E-state index contributed by atoms with van der Waals surface area (Å²) in [6, 6.07) is 0. The Balaban J connectivity index is 1.72. The maximum absolute atomic E-state index is 12.7. The maximum atomic E-state index is 12.7. The Morgan fingerprint density at radius 2 is 2.22 bits per heavy atom. The van der Waals surface area contributed by atoms with Crippen molar-refractivity contribution in [1.82, 2.24) is 24.8 Å². The fourth-order valence-electron chi connectivity index (χ4n) is 2.84. The van der Waals surface area contributed by atoms with Crippen LogP contribution in [0.2, 0.25) is 0 Å². The second-order valence-electron chi connectivity index (χ2n) is 5.99. The quantitative estimate of drug-likeness (QED) is 0.914. The summed E-state index contributed by atoms with van der Waals surface area (Å²) in [5, 5.41) is 7.09. The first-order chi connectivity index (χ1) is 11.1. The number of amides is 2. The lowest BCUT2D eigenvalue weighted by Crippen LogP contribution is -2.35. The predicted molar refractivity (Wildman–Crippen MR) is 85.0 cm³/mol. The van der Waals surface area contributed by atoms with Crippen LogP contribution < -0.4 is 5.32 Å². The maximum Gasteiger partial charge on any atom is 0.259 e. The summed E-state index contributed by atoms with van der Waals surface area (Å²) in [4.78, 5) is 30.7. The van der Waals surface area contributed by atoms with Gasteiger partial charge in [-0.2, -0.15) is 5.10 Å². The zero-order chi connectivity index (χ0) is 16.4. The van der Waals surface area contributed by atoms with Crippen LogP contribution in [-0.2, 0) is 4.79 Å². The number of hydrogen-bond acceptors (Lipinski definition) is 4. The Morgan fingerprint density at radius 1 is 1.39 bits per heavy atom. The van der Waals surface area contributed by atoms with Crippen LogP contribution in [0.15, 0.2) is 18.6 Å². The average Bonchev–Trinajstić information content (AvgIpc) is 3.18. The highest BCUT2D eigenvalue weighted by molar-refractivity contribution is 6.00. The third-order valence-corrected chi connectivity index (χ3v) is 4.11. The summed E-state index contributed by atoms with van der Waals surface area (Å²) >= 11 is 0. The average molecular weight is 315 g/mol. The number of rotatable bonds is 4. The molecule has 2 aromatic heterocycles. The lowest BCUT2D eigenvalue weighted by atomic mass is 10.1. The molecule has 1 fully saturated rings. The largest absolute Gasteiger partial charge is 0.356 e. The number of aromatic nitrogens is 3. The molecule has 122 valence electrons. The van der Waals surface area contributed by atoms with E-state index in [1.807, 2.05) is 20.0 Å². The molecule has 1 atom stereocenters. The van der Waals surface area contributed by atoms with E-state index in [9.17, 15) is 9.59 Å². The van der Waals surface area contributed by atoms with Gasteiger partial charge in [0.15, 0.2) is 5.65 Å². The molecular weight excluding hydrogens is 294 g/mol. The number of likely N-dealkylation sites (tertiary alicyclic amines) is 1. The van der Waals surface area contributed by atoms with Crippen molar-refractivity contribution in [3.63, 3.8) is 0 Å². The van der Waals surface area contributed by atoms with Gasteiger partial charge < -0.3 is 10.2 Å². The molecule has 7 heteroatoms. The SMILES string of the molecule is CCCNC(=O)[C@@H]1CCN(C(=O)c2cnn3cc(C)cnc23)C1. The van der Waals surface area contributed by atoms with Gasteiger partial charge in [-0.15, -0.1) is 0 Å². The molecule has 0 saturated carbocycles. The van der Waals surface area contributed by atoms with Crippen molar-refractivity contribution in [3.05, 3.63) is 29.7 Å². The van der Waals surface area contributed by atoms with Crippen LogP contribution in [0, 0.1) is 12.8 Å². The molecule has 0 unspecified atom stereocenters. The Bertz CT molecular complexity index is 739. The van der Waals surface area contributed by atoms with E-state index in [2.05, 4.69) is 15.4 Å². The molecule has 0 spiro atoms. The standard InChI is InChI=1S/C16H21N5O2/c1-3-5-17-15(22)12-4-6-20(10-12)16(23)13-8-19-21-9-11(2)7-18-14(13)21/h7-9,12H,3-6,10H2,1-2H3,(H,17,22)/t12-/m1/s1. The van der Waals surface area contributed by atoms with Crippen LogP contribution in [0.5, 0.6) is 0 Å². The van der Waals surface area contributed by atoms with Gasteiger partial charge in [0.2, 0.25) is 5.91 Å². The second kappa shape index (κ2) is 6.36. The minimum atomic E-state index is -0.123. The van der Waals surface area contributed by atoms with E-state index < -0.39 is 0 Å². The van der Waals surface area contributed by atoms with Crippen LogP contribution >= 0.6 is 0 Å². The van der Waals surface area contributed by atoms with Gasteiger partial charge in [-0.1, -0.05) is 6.92 Å². The van der Waals surface area contributed by atoms with E-state index in [4.69, 9.17) is 0 Å². The van der Waals surface area contributed by atoms with E-state index in [-0.39, 0.29) is 17.7 Å². The smallest absolute Gasteiger partial charge is 0.259 e. The van der Waals surface area contributed by atoms with E-state index in [1.54, 1.807) is 21.8 Å². The molecule has 1 N–H and O–H groups in total. The van der Waals surface area contributed by atoms with E-state index in [0.29, 0.717) is 37.3 Å². The molecule has 2 amide bonds. The molecule has 1 aliphatic heterocycles. The van der Waals surface area contributed by atoms with Crippen LogP contribution in [0.4, 0.5) is 0 Å². The molecule has 23 heavy (non-hydrogen) atoms. The fraction of sp³-hybridized carbons (Fsp3) is 0.500. The van der Waals surface area contributed by atoms with Crippen LogP contribution in [0.25, 0.3) is 5.65 Å². The molecule has 7 nitrogen and oxygen atoms in total. The van der Waals surface area contributed by atoms with Gasteiger partial charge in [0.05, 0.1) is 12.1 Å². The first-order valence-electron chi connectivity index (χ1n) is 7.97. The van der Waals surface area contributed by atoms with Crippen molar-refractivity contribution >= 4 is 17.5 Å². The van der Waals surface area contributed by atoms with Crippen LogP contribution in [0.3, 0.4) is 0 Å². The number of nitrogens with zero attached hydrogens (tertiary/aromatic N) is 4. The van der Waals surface area contributed by atoms with Crippen molar-refractivity contribution in [2.24, 2.45) is 5.92 Å². The number of fused-ring (bicyclic) bond motifs is 1. The number of hydrogen-bond donors (Lipinski definition) is 1. The van der Waals surface area contributed by atoms with Gasteiger partial charge in [0.25, 0.3) is 5.91 Å². The second-order valence-corrected chi connectivity index (χ2v) is 5.99. The van der Waals surface area contributed by atoms with Crippen LogP contribution in [0.1, 0.15) is 35.7 Å². The van der Waals surface area contributed by atoms with E-state index in [0.717, 1.165) is 12.0 Å². The van der Waals surface area contributed by atoms with Crippen molar-refractivity contribution < 1.29 is 9.59 Å². The molecule has 0 aliphatic carbocycles. The number of aryl methyl sites for hydroxylation is 1. The van der Waals surface area contributed by atoms with Crippen molar-refractivity contribution in [1.29, 1.82) is 0 Å². The first kappa shape index (κ1) is 15.5. The Kier molecular flexibility index (Phi) is 4.27. The summed E-state index contributed by atoms with van der Waals surface area (Å²) in [7, 11) is 0. The van der Waals surface area contributed by atoms with Gasteiger partial charge in [-0.3, -0.25) is 9.59 Å². The summed E-state index contributed by atoms with van der Waals surface area (Å²) in [5.74, 6) is -0.194. The highest BCUT2D eigenvalue weighted by Crippen LogP contribution is 2.20. The van der Waals surface area contributed by atoms with E-state index in [1.165, 1.54) is 0 Å². The topological polar surface area (TPSA) is 79.6 Å². The highest BCUT2D eigenvalue weighted by Gasteiger charge is 2.32. The van der Waals surface area contributed by atoms with Gasteiger partial charge in [-0.25, -0.2) is 9.50 Å². The molecule has 0 aromatic carbocycles. The number of nitrogens with one attached hydrogen (secondary N) is 1. The normalized spacial score (nSPS) is 17.7. The Labute approximate surface area is 134 Å². The molecule has 3 heterocycles. The summed E-state index contributed by atoms with van der Waals surface area (Å²) in [5.41, 5.74) is 2.02. The fourth-order valence-corrected chi connectivity index (χ4v) is 2.84. The molecule has 0 bridgehead atoms. The van der Waals surface area contributed by atoms with Gasteiger partial charge in [0, 0.05) is 32.0 Å². The van der Waals surface area contributed by atoms with Crippen LogP contribution in [-0.4, -0.2) is 50.9 Å². The minimum Gasteiger partial charge on any atom is -0.356 e. The lowest BCUT2D eigenvalue weighted by molar-refractivity contribution is -0.124. The molecule has 3 rings (SSSR count). The van der Waals surface area contributed by atoms with Gasteiger partial charge >= 0.3 is 0 Å². The lowest BCUT2D eigenvalue weighted by Gasteiger charge is -2.15.